The molecular formula is C11H15FO4S2. The smallest absolute Gasteiger partial charge is 0.181 e. The molecule has 0 aromatic heterocycles. The summed E-state index contributed by atoms with van der Waals surface area (Å²) in [5.41, 5.74) is 0. The lowest BCUT2D eigenvalue weighted by Gasteiger charge is -2.05. The number of sulfone groups is 2. The second-order valence-corrected chi connectivity index (χ2v) is 8.39. The Hall–Kier alpha value is -0.950. The molecule has 0 saturated carbocycles. The van der Waals surface area contributed by atoms with Gasteiger partial charge in [-0.25, -0.2) is 21.2 Å². The molecule has 1 aromatic carbocycles. The van der Waals surface area contributed by atoms with Crippen LogP contribution in [0.4, 0.5) is 4.39 Å². The van der Waals surface area contributed by atoms with Crippen LogP contribution in [0.5, 0.6) is 0 Å². The molecule has 0 heterocycles. The largest absolute Gasteiger partial charge is 0.229 e. The van der Waals surface area contributed by atoms with Crippen molar-refractivity contribution in [2.75, 3.05) is 17.3 Å². The summed E-state index contributed by atoms with van der Waals surface area (Å²) in [7, 11) is -6.95. The van der Waals surface area contributed by atoms with Gasteiger partial charge < -0.3 is 0 Å². The Balaban J connectivity index is 2.76. The molecule has 1 aromatic rings. The van der Waals surface area contributed by atoms with E-state index in [2.05, 4.69) is 0 Å². The van der Waals surface area contributed by atoms with Gasteiger partial charge in [-0.1, -0.05) is 19.1 Å². The summed E-state index contributed by atoms with van der Waals surface area (Å²) in [5.74, 6) is -1.40. The third kappa shape index (κ3) is 4.06. The normalized spacial score (nSPS) is 12.6. The molecule has 0 unspecified atom stereocenters. The Bertz CT molecular complexity index is 606. The number of rotatable bonds is 6. The molecular weight excluding hydrogens is 279 g/mol. The number of halogens is 1. The first-order valence-corrected chi connectivity index (χ1v) is 8.93. The summed E-state index contributed by atoms with van der Waals surface area (Å²) < 4.78 is 59.3. The van der Waals surface area contributed by atoms with Gasteiger partial charge in [-0.2, -0.15) is 0 Å². The van der Waals surface area contributed by atoms with E-state index in [0.717, 1.165) is 6.07 Å². The van der Waals surface area contributed by atoms with Gasteiger partial charge in [0, 0.05) is 5.75 Å². The zero-order chi connectivity index (χ0) is 13.8. The highest BCUT2D eigenvalue weighted by Gasteiger charge is 2.19. The van der Waals surface area contributed by atoms with Gasteiger partial charge in [-0.05, 0) is 18.6 Å². The molecule has 1 rings (SSSR count). The molecule has 0 atom stereocenters. The van der Waals surface area contributed by atoms with E-state index >= 15 is 0 Å². The van der Waals surface area contributed by atoms with Gasteiger partial charge in [0.05, 0.1) is 11.5 Å². The van der Waals surface area contributed by atoms with E-state index in [1.54, 1.807) is 0 Å². The molecule has 0 radical (unpaired) electrons. The van der Waals surface area contributed by atoms with Gasteiger partial charge in [-0.15, -0.1) is 0 Å². The molecule has 0 amide bonds. The molecule has 0 saturated heterocycles. The molecule has 0 aliphatic carbocycles. The van der Waals surface area contributed by atoms with E-state index in [1.807, 2.05) is 0 Å². The van der Waals surface area contributed by atoms with Crippen LogP contribution in [0.3, 0.4) is 0 Å². The fourth-order valence-electron chi connectivity index (χ4n) is 1.42. The van der Waals surface area contributed by atoms with Crippen LogP contribution in [-0.2, 0) is 19.7 Å². The molecule has 0 aliphatic heterocycles. The first-order chi connectivity index (χ1) is 8.28. The minimum Gasteiger partial charge on any atom is -0.229 e. The van der Waals surface area contributed by atoms with Gasteiger partial charge in [0.25, 0.3) is 0 Å². The summed E-state index contributed by atoms with van der Waals surface area (Å²) in [6.07, 6.45) is -0.0210. The lowest BCUT2D eigenvalue weighted by molar-refractivity contribution is 0.566. The van der Waals surface area contributed by atoms with Crippen LogP contribution in [0, 0.1) is 5.82 Å². The second kappa shape index (κ2) is 5.79. The fourth-order valence-corrected chi connectivity index (χ4v) is 3.87. The van der Waals surface area contributed by atoms with Crippen molar-refractivity contribution in [3.8, 4) is 0 Å². The summed E-state index contributed by atoms with van der Waals surface area (Å²) in [5, 5.41) is 0. The van der Waals surface area contributed by atoms with Crippen LogP contribution in [0.15, 0.2) is 29.2 Å². The Morgan fingerprint density at radius 3 is 2.22 bits per heavy atom. The molecule has 0 N–H and O–H groups in total. The Kier molecular flexibility index (Phi) is 4.86. The average molecular weight is 294 g/mol. The quantitative estimate of drug-likeness (QED) is 0.796. The van der Waals surface area contributed by atoms with Crippen LogP contribution in [0.25, 0.3) is 0 Å². The maximum atomic E-state index is 13.3. The minimum absolute atomic E-state index is 0.0210. The molecule has 0 aliphatic rings. The van der Waals surface area contributed by atoms with E-state index < -0.39 is 25.5 Å². The number of hydrogen-bond donors (Lipinski definition) is 0. The molecule has 102 valence electrons. The average Bonchev–Trinajstić information content (AvgIpc) is 2.29. The van der Waals surface area contributed by atoms with Crippen molar-refractivity contribution in [3.05, 3.63) is 30.1 Å². The topological polar surface area (TPSA) is 68.3 Å². The standard InChI is InChI=1S/C11H15FO4S2/c1-2-17(13,14)8-5-9-18(15,16)11-7-4-3-6-10(11)12/h3-4,6-7H,2,5,8-9H2,1H3. The van der Waals surface area contributed by atoms with Crippen molar-refractivity contribution in [2.24, 2.45) is 0 Å². The van der Waals surface area contributed by atoms with Crippen molar-refractivity contribution in [1.82, 2.24) is 0 Å². The number of hydrogen-bond acceptors (Lipinski definition) is 4. The van der Waals surface area contributed by atoms with E-state index in [0.29, 0.717) is 0 Å². The van der Waals surface area contributed by atoms with Gasteiger partial charge in [0.15, 0.2) is 9.84 Å². The second-order valence-electron chi connectivity index (χ2n) is 3.84. The molecule has 0 bridgehead atoms. The molecule has 4 nitrogen and oxygen atoms in total. The van der Waals surface area contributed by atoms with E-state index in [1.165, 1.54) is 25.1 Å². The lowest BCUT2D eigenvalue weighted by Crippen LogP contribution is -2.15. The van der Waals surface area contributed by atoms with Gasteiger partial charge in [0.1, 0.15) is 20.5 Å². The zero-order valence-electron chi connectivity index (χ0n) is 9.97. The van der Waals surface area contributed by atoms with Crippen molar-refractivity contribution >= 4 is 19.7 Å². The van der Waals surface area contributed by atoms with Crippen LogP contribution >= 0.6 is 0 Å². The third-order valence-electron chi connectivity index (χ3n) is 2.48. The van der Waals surface area contributed by atoms with Crippen molar-refractivity contribution < 1.29 is 21.2 Å². The van der Waals surface area contributed by atoms with Gasteiger partial charge in [-0.3, -0.25) is 0 Å². The monoisotopic (exact) mass is 294 g/mol. The van der Waals surface area contributed by atoms with Crippen LogP contribution in [0.2, 0.25) is 0 Å². The predicted octanol–water partition coefficient (Wildman–Crippen LogP) is 1.42. The van der Waals surface area contributed by atoms with Crippen LogP contribution < -0.4 is 0 Å². The highest BCUT2D eigenvalue weighted by Crippen LogP contribution is 2.16. The molecule has 0 fully saturated rings. The maximum Gasteiger partial charge on any atom is 0.181 e. The highest BCUT2D eigenvalue weighted by atomic mass is 32.2. The summed E-state index contributed by atoms with van der Waals surface area (Å²) in [6.45, 7) is 1.50. The van der Waals surface area contributed by atoms with Crippen molar-refractivity contribution in [2.45, 2.75) is 18.2 Å². The Morgan fingerprint density at radius 2 is 1.67 bits per heavy atom. The molecule has 0 spiro atoms. The van der Waals surface area contributed by atoms with E-state index in [9.17, 15) is 21.2 Å². The summed E-state index contributed by atoms with van der Waals surface area (Å²) in [6, 6.07) is 5.07. The van der Waals surface area contributed by atoms with Crippen molar-refractivity contribution in [1.29, 1.82) is 0 Å². The molecule has 7 heteroatoms. The highest BCUT2D eigenvalue weighted by molar-refractivity contribution is 7.92. The molecule has 18 heavy (non-hydrogen) atoms. The van der Waals surface area contributed by atoms with Crippen LogP contribution in [0.1, 0.15) is 13.3 Å². The van der Waals surface area contributed by atoms with Crippen molar-refractivity contribution in [3.63, 3.8) is 0 Å². The van der Waals surface area contributed by atoms with E-state index in [4.69, 9.17) is 0 Å². The predicted molar refractivity (Wildman–Crippen MR) is 67.4 cm³/mol. The van der Waals surface area contributed by atoms with Gasteiger partial charge >= 0.3 is 0 Å². The number of benzene rings is 1. The zero-order valence-corrected chi connectivity index (χ0v) is 11.6. The van der Waals surface area contributed by atoms with Gasteiger partial charge in [0.2, 0.25) is 0 Å². The Morgan fingerprint density at radius 1 is 1.06 bits per heavy atom. The first kappa shape index (κ1) is 15.1. The fraction of sp³-hybridized carbons (Fsp3) is 0.455. The summed E-state index contributed by atoms with van der Waals surface area (Å²) in [4.78, 5) is -0.376. The SMILES string of the molecule is CCS(=O)(=O)CCCS(=O)(=O)c1ccccc1F. The third-order valence-corrected chi connectivity index (χ3v) is 6.10. The lowest BCUT2D eigenvalue weighted by atomic mass is 10.3. The summed E-state index contributed by atoms with van der Waals surface area (Å²) >= 11 is 0. The Labute approximate surface area is 107 Å². The maximum absolute atomic E-state index is 13.3. The minimum atomic E-state index is -3.76. The van der Waals surface area contributed by atoms with E-state index in [-0.39, 0.29) is 28.6 Å². The van der Waals surface area contributed by atoms with Crippen LogP contribution in [-0.4, -0.2) is 34.1 Å². The first-order valence-electron chi connectivity index (χ1n) is 5.46.